The molecule has 1 aliphatic rings. The van der Waals surface area contributed by atoms with Gasteiger partial charge in [0.2, 0.25) is 0 Å². The molecule has 3 rings (SSSR count). The highest BCUT2D eigenvalue weighted by Gasteiger charge is 2.25. The predicted octanol–water partition coefficient (Wildman–Crippen LogP) is 3.42. The molecular weight excluding hydrogens is 392 g/mol. The molecule has 0 saturated carbocycles. The highest BCUT2D eigenvalue weighted by molar-refractivity contribution is 5.80. The van der Waals surface area contributed by atoms with Crippen molar-refractivity contribution < 1.29 is 19.1 Å². The molecule has 2 aromatic rings. The van der Waals surface area contributed by atoms with Gasteiger partial charge in [-0.25, -0.2) is 0 Å². The van der Waals surface area contributed by atoms with Crippen molar-refractivity contribution in [3.63, 3.8) is 0 Å². The van der Waals surface area contributed by atoms with Crippen molar-refractivity contribution in [1.29, 1.82) is 0 Å². The van der Waals surface area contributed by atoms with Gasteiger partial charge in [0.1, 0.15) is 11.5 Å². The van der Waals surface area contributed by atoms with E-state index in [-0.39, 0.29) is 30.4 Å². The van der Waals surface area contributed by atoms with Gasteiger partial charge in [0, 0.05) is 26.2 Å². The summed E-state index contributed by atoms with van der Waals surface area (Å²) in [5.41, 5.74) is 2.19. The Hall–Kier alpha value is -3.02. The number of piperazine rings is 1. The number of benzene rings is 2. The molecule has 1 aliphatic heterocycles. The van der Waals surface area contributed by atoms with Crippen LogP contribution in [0, 0.1) is 6.92 Å². The van der Waals surface area contributed by atoms with Crippen molar-refractivity contribution in [3.05, 3.63) is 59.7 Å². The Morgan fingerprint density at radius 1 is 0.839 bits per heavy atom. The Balaban J connectivity index is 1.47. The number of ether oxygens (including phenoxy) is 2. The molecule has 0 bridgehead atoms. The molecule has 0 radical (unpaired) electrons. The van der Waals surface area contributed by atoms with E-state index in [1.165, 1.54) is 5.56 Å². The van der Waals surface area contributed by atoms with E-state index >= 15 is 0 Å². The zero-order valence-electron chi connectivity index (χ0n) is 18.9. The number of aryl methyl sites for hydroxylation is 1. The third kappa shape index (κ3) is 6.23. The van der Waals surface area contributed by atoms with Crippen LogP contribution in [0.15, 0.2) is 48.5 Å². The van der Waals surface area contributed by atoms with E-state index < -0.39 is 0 Å². The molecule has 6 nitrogen and oxygen atoms in total. The minimum Gasteiger partial charge on any atom is -0.484 e. The van der Waals surface area contributed by atoms with Crippen LogP contribution in [0.2, 0.25) is 0 Å². The van der Waals surface area contributed by atoms with Crippen molar-refractivity contribution in [2.75, 3.05) is 39.4 Å². The Morgan fingerprint density at radius 3 is 1.94 bits per heavy atom. The summed E-state index contributed by atoms with van der Waals surface area (Å²) in [7, 11) is 0. The first kappa shape index (κ1) is 22.7. The van der Waals surface area contributed by atoms with Gasteiger partial charge in [-0.3, -0.25) is 9.59 Å². The molecule has 0 atom stereocenters. The molecule has 0 spiro atoms. The highest BCUT2D eigenvalue weighted by atomic mass is 16.5. The summed E-state index contributed by atoms with van der Waals surface area (Å²) in [4.78, 5) is 28.5. The standard InChI is InChI=1S/C25H32N2O4/c1-19-10-11-22(21(16-19)25(2,3)4)31-18-24(29)27-14-12-26(13-15-27)23(28)17-30-20-8-6-5-7-9-20/h5-11,16H,12-15,17-18H2,1-4H3. The summed E-state index contributed by atoms with van der Waals surface area (Å²) in [5.74, 6) is 1.29. The van der Waals surface area contributed by atoms with E-state index in [2.05, 4.69) is 33.8 Å². The zero-order chi connectivity index (χ0) is 22.4. The van der Waals surface area contributed by atoms with Crippen LogP contribution in [0.3, 0.4) is 0 Å². The quantitative estimate of drug-likeness (QED) is 0.713. The molecule has 6 heteroatoms. The van der Waals surface area contributed by atoms with Crippen LogP contribution in [0.25, 0.3) is 0 Å². The Labute approximate surface area is 184 Å². The molecule has 0 N–H and O–H groups in total. The van der Waals surface area contributed by atoms with Crippen molar-refractivity contribution in [2.24, 2.45) is 0 Å². The zero-order valence-corrected chi connectivity index (χ0v) is 18.9. The number of carbonyl (C=O) groups is 2. The van der Waals surface area contributed by atoms with Gasteiger partial charge in [-0.1, -0.05) is 56.7 Å². The summed E-state index contributed by atoms with van der Waals surface area (Å²) >= 11 is 0. The summed E-state index contributed by atoms with van der Waals surface area (Å²) in [6, 6.07) is 15.3. The maximum atomic E-state index is 12.7. The van der Waals surface area contributed by atoms with E-state index in [1.54, 1.807) is 9.80 Å². The summed E-state index contributed by atoms with van der Waals surface area (Å²) in [6.45, 7) is 10.5. The number of carbonyl (C=O) groups excluding carboxylic acids is 2. The first-order valence-electron chi connectivity index (χ1n) is 10.7. The second-order valence-electron chi connectivity index (χ2n) is 8.90. The highest BCUT2D eigenvalue weighted by Crippen LogP contribution is 2.32. The molecule has 31 heavy (non-hydrogen) atoms. The van der Waals surface area contributed by atoms with Gasteiger partial charge < -0.3 is 19.3 Å². The van der Waals surface area contributed by atoms with Crippen molar-refractivity contribution in [3.8, 4) is 11.5 Å². The fourth-order valence-electron chi connectivity index (χ4n) is 3.54. The van der Waals surface area contributed by atoms with Crippen LogP contribution < -0.4 is 9.47 Å². The number of para-hydroxylation sites is 1. The van der Waals surface area contributed by atoms with Crippen LogP contribution in [-0.2, 0) is 15.0 Å². The van der Waals surface area contributed by atoms with Gasteiger partial charge in [0.25, 0.3) is 11.8 Å². The molecule has 166 valence electrons. The normalized spacial score (nSPS) is 14.3. The maximum absolute atomic E-state index is 12.7. The van der Waals surface area contributed by atoms with Gasteiger partial charge in [-0.05, 0) is 36.1 Å². The van der Waals surface area contributed by atoms with E-state index in [1.807, 2.05) is 42.5 Å². The van der Waals surface area contributed by atoms with Gasteiger partial charge in [0.05, 0.1) is 0 Å². The molecule has 0 aliphatic carbocycles. The lowest BCUT2D eigenvalue weighted by Gasteiger charge is -2.34. The fraction of sp³-hybridized carbons (Fsp3) is 0.440. The first-order chi connectivity index (χ1) is 14.7. The summed E-state index contributed by atoms with van der Waals surface area (Å²) in [5, 5.41) is 0. The van der Waals surface area contributed by atoms with E-state index in [0.717, 1.165) is 11.3 Å². The number of amides is 2. The Kier molecular flexibility index (Phi) is 7.21. The third-order valence-electron chi connectivity index (χ3n) is 5.38. The van der Waals surface area contributed by atoms with Crippen LogP contribution in [0.1, 0.15) is 31.9 Å². The lowest BCUT2D eigenvalue weighted by atomic mass is 9.85. The summed E-state index contributed by atoms with van der Waals surface area (Å²) < 4.78 is 11.4. The van der Waals surface area contributed by atoms with Crippen LogP contribution in [0.4, 0.5) is 0 Å². The lowest BCUT2D eigenvalue weighted by molar-refractivity contribution is -0.141. The largest absolute Gasteiger partial charge is 0.484 e. The third-order valence-corrected chi connectivity index (χ3v) is 5.38. The number of hydrogen-bond donors (Lipinski definition) is 0. The lowest BCUT2D eigenvalue weighted by Crippen LogP contribution is -2.52. The molecule has 2 amide bonds. The van der Waals surface area contributed by atoms with Gasteiger partial charge >= 0.3 is 0 Å². The number of hydrogen-bond acceptors (Lipinski definition) is 4. The number of rotatable bonds is 6. The van der Waals surface area contributed by atoms with E-state index in [4.69, 9.17) is 9.47 Å². The number of nitrogens with zero attached hydrogens (tertiary/aromatic N) is 2. The Bertz CT molecular complexity index is 897. The second-order valence-corrected chi connectivity index (χ2v) is 8.90. The van der Waals surface area contributed by atoms with Crippen LogP contribution >= 0.6 is 0 Å². The van der Waals surface area contributed by atoms with Crippen LogP contribution in [0.5, 0.6) is 11.5 Å². The second kappa shape index (κ2) is 9.86. The average molecular weight is 425 g/mol. The minimum absolute atomic E-state index is 0.00277. The predicted molar refractivity (Wildman–Crippen MR) is 120 cm³/mol. The Morgan fingerprint density at radius 2 is 1.39 bits per heavy atom. The topological polar surface area (TPSA) is 59.1 Å². The molecule has 0 aromatic heterocycles. The van der Waals surface area contributed by atoms with Crippen molar-refractivity contribution >= 4 is 11.8 Å². The SMILES string of the molecule is Cc1ccc(OCC(=O)N2CCN(C(=O)COc3ccccc3)CC2)c(C(C)(C)C)c1. The maximum Gasteiger partial charge on any atom is 0.260 e. The molecule has 1 heterocycles. The van der Waals surface area contributed by atoms with Gasteiger partial charge in [-0.15, -0.1) is 0 Å². The van der Waals surface area contributed by atoms with E-state index in [9.17, 15) is 9.59 Å². The van der Waals surface area contributed by atoms with Crippen LogP contribution in [-0.4, -0.2) is 61.0 Å². The molecule has 1 fully saturated rings. The fourth-order valence-corrected chi connectivity index (χ4v) is 3.54. The van der Waals surface area contributed by atoms with Gasteiger partial charge in [0.15, 0.2) is 13.2 Å². The first-order valence-corrected chi connectivity index (χ1v) is 10.7. The van der Waals surface area contributed by atoms with Gasteiger partial charge in [-0.2, -0.15) is 0 Å². The average Bonchev–Trinajstić information content (AvgIpc) is 2.76. The van der Waals surface area contributed by atoms with E-state index in [0.29, 0.717) is 31.9 Å². The van der Waals surface area contributed by atoms with Crippen molar-refractivity contribution in [2.45, 2.75) is 33.1 Å². The monoisotopic (exact) mass is 424 g/mol. The molecule has 0 unspecified atom stereocenters. The molecular formula is C25H32N2O4. The molecule has 2 aromatic carbocycles. The smallest absolute Gasteiger partial charge is 0.260 e. The summed E-state index contributed by atoms with van der Waals surface area (Å²) in [6.07, 6.45) is 0. The van der Waals surface area contributed by atoms with Crippen molar-refractivity contribution in [1.82, 2.24) is 9.80 Å². The minimum atomic E-state index is -0.0712. The molecule has 1 saturated heterocycles.